The van der Waals surface area contributed by atoms with Gasteiger partial charge in [-0.3, -0.25) is 4.79 Å². The van der Waals surface area contributed by atoms with Crippen LogP contribution in [0.5, 0.6) is 5.88 Å². The van der Waals surface area contributed by atoms with Crippen molar-refractivity contribution in [1.29, 1.82) is 0 Å². The molecule has 7 heteroatoms. The Morgan fingerprint density at radius 2 is 1.84 bits per heavy atom. The van der Waals surface area contributed by atoms with Crippen molar-refractivity contribution in [1.82, 2.24) is 4.98 Å². The van der Waals surface area contributed by atoms with Crippen molar-refractivity contribution in [2.24, 2.45) is 11.5 Å². The van der Waals surface area contributed by atoms with Crippen LogP contribution < -0.4 is 16.2 Å². The van der Waals surface area contributed by atoms with Gasteiger partial charge in [0.2, 0.25) is 11.8 Å². The monoisotopic (exact) mass is 263 g/mol. The van der Waals surface area contributed by atoms with Crippen LogP contribution in [0.1, 0.15) is 0 Å². The van der Waals surface area contributed by atoms with Crippen LogP contribution in [0.4, 0.5) is 4.79 Å². The SMILES string of the molecule is NCC(N)=O.O=C(O)Oc1cc2ccccc2cn1. The number of benzene rings is 1. The summed E-state index contributed by atoms with van der Waals surface area (Å²) >= 11 is 0. The van der Waals surface area contributed by atoms with Gasteiger partial charge in [-0.2, -0.15) is 0 Å². The molecular formula is C12H13N3O4. The maximum absolute atomic E-state index is 10.2. The summed E-state index contributed by atoms with van der Waals surface area (Å²) < 4.78 is 4.43. The molecule has 0 aliphatic heterocycles. The fourth-order valence-corrected chi connectivity index (χ4v) is 1.21. The highest BCUT2D eigenvalue weighted by molar-refractivity contribution is 5.82. The number of hydrogen-bond acceptors (Lipinski definition) is 5. The number of ether oxygens (including phenoxy) is 1. The van der Waals surface area contributed by atoms with Crippen LogP contribution in [-0.4, -0.2) is 28.7 Å². The van der Waals surface area contributed by atoms with E-state index in [2.05, 4.69) is 15.5 Å². The highest BCUT2D eigenvalue weighted by Gasteiger charge is 2.02. The standard InChI is InChI=1S/C10H7NO3.C2H6N2O/c12-10(13)14-9-5-7-3-1-2-4-8(7)6-11-9;3-1-2(4)5/h1-6H,(H,12,13);1,3H2,(H2,4,5). The lowest BCUT2D eigenvalue weighted by Gasteiger charge is -2.00. The van der Waals surface area contributed by atoms with E-state index in [1.807, 2.05) is 24.3 Å². The van der Waals surface area contributed by atoms with E-state index in [1.54, 1.807) is 12.3 Å². The van der Waals surface area contributed by atoms with Gasteiger partial charge < -0.3 is 21.3 Å². The topological polar surface area (TPSA) is 129 Å². The smallest absolute Gasteiger partial charge is 0.449 e. The summed E-state index contributed by atoms with van der Waals surface area (Å²) in [5.41, 5.74) is 9.22. The van der Waals surface area contributed by atoms with Crippen molar-refractivity contribution < 1.29 is 19.4 Å². The molecule has 1 aromatic heterocycles. The second-order valence-corrected chi connectivity index (χ2v) is 3.41. The molecule has 0 bridgehead atoms. The van der Waals surface area contributed by atoms with E-state index in [1.165, 1.54) is 0 Å². The minimum Gasteiger partial charge on any atom is -0.449 e. The van der Waals surface area contributed by atoms with Crippen LogP contribution in [0, 0.1) is 0 Å². The summed E-state index contributed by atoms with van der Waals surface area (Å²) in [5.74, 6) is -0.374. The first-order chi connectivity index (χ1) is 9.02. The van der Waals surface area contributed by atoms with Crippen LogP contribution in [0.3, 0.4) is 0 Å². The lowest BCUT2D eigenvalue weighted by Crippen LogP contribution is -2.21. The highest BCUT2D eigenvalue weighted by Crippen LogP contribution is 2.17. The number of rotatable bonds is 2. The van der Waals surface area contributed by atoms with Gasteiger partial charge in [0.05, 0.1) is 6.54 Å². The fraction of sp³-hybridized carbons (Fsp3) is 0.0833. The number of carbonyl (C=O) groups is 2. The Hall–Kier alpha value is -2.67. The zero-order chi connectivity index (χ0) is 14.3. The van der Waals surface area contributed by atoms with E-state index in [0.29, 0.717) is 0 Å². The molecule has 0 aliphatic carbocycles. The van der Waals surface area contributed by atoms with Gasteiger partial charge in [-0.1, -0.05) is 24.3 Å². The molecule has 1 heterocycles. The molecule has 5 N–H and O–H groups in total. The normalized spacial score (nSPS) is 9.32. The largest absolute Gasteiger partial charge is 0.512 e. The molecule has 1 amide bonds. The Morgan fingerprint density at radius 3 is 2.37 bits per heavy atom. The molecule has 0 unspecified atom stereocenters. The van der Waals surface area contributed by atoms with Gasteiger partial charge in [0.25, 0.3) is 0 Å². The van der Waals surface area contributed by atoms with Crippen LogP contribution >= 0.6 is 0 Å². The third-order valence-electron chi connectivity index (χ3n) is 2.00. The minimum atomic E-state index is -1.35. The number of amides is 1. The average Bonchev–Trinajstić information content (AvgIpc) is 2.38. The van der Waals surface area contributed by atoms with E-state index >= 15 is 0 Å². The molecule has 19 heavy (non-hydrogen) atoms. The van der Waals surface area contributed by atoms with Gasteiger partial charge >= 0.3 is 6.16 Å². The van der Waals surface area contributed by atoms with E-state index < -0.39 is 12.1 Å². The molecule has 7 nitrogen and oxygen atoms in total. The number of fused-ring (bicyclic) bond motifs is 1. The molecule has 0 fully saturated rings. The molecule has 0 aliphatic rings. The summed E-state index contributed by atoms with van der Waals surface area (Å²) in [6.45, 7) is -0.0556. The number of nitrogens with zero attached hydrogens (tertiary/aromatic N) is 1. The lowest BCUT2D eigenvalue weighted by atomic mass is 10.2. The van der Waals surface area contributed by atoms with Crippen molar-refractivity contribution in [2.75, 3.05) is 6.54 Å². The number of hydrogen-bond donors (Lipinski definition) is 3. The van der Waals surface area contributed by atoms with Gasteiger partial charge in [0.1, 0.15) is 0 Å². The molecule has 0 saturated carbocycles. The Balaban J connectivity index is 0.000000312. The number of pyridine rings is 1. The summed E-state index contributed by atoms with van der Waals surface area (Å²) in [4.78, 5) is 23.6. The molecular weight excluding hydrogens is 250 g/mol. The first kappa shape index (κ1) is 14.4. The molecule has 0 spiro atoms. The second kappa shape index (κ2) is 6.92. The molecule has 2 rings (SSSR count). The molecule has 0 saturated heterocycles. The van der Waals surface area contributed by atoms with E-state index in [9.17, 15) is 9.59 Å². The maximum Gasteiger partial charge on any atom is 0.512 e. The van der Waals surface area contributed by atoms with Gasteiger partial charge in [-0.15, -0.1) is 0 Å². The quantitative estimate of drug-likeness (QED) is 0.685. The first-order valence-electron chi connectivity index (χ1n) is 5.27. The number of aromatic nitrogens is 1. The third-order valence-corrected chi connectivity index (χ3v) is 2.00. The minimum absolute atomic E-state index is 0.0556. The maximum atomic E-state index is 10.2. The van der Waals surface area contributed by atoms with Crippen molar-refractivity contribution in [3.05, 3.63) is 36.5 Å². The summed E-state index contributed by atoms with van der Waals surface area (Å²) in [6.07, 6.45) is 0.223. The molecule has 1 aromatic carbocycles. The van der Waals surface area contributed by atoms with E-state index in [-0.39, 0.29) is 12.4 Å². The molecule has 2 aromatic rings. The number of nitrogens with two attached hydrogens (primary N) is 2. The lowest BCUT2D eigenvalue weighted by molar-refractivity contribution is -0.116. The number of carboxylic acid groups (broad SMARTS) is 1. The first-order valence-corrected chi connectivity index (χ1v) is 5.27. The Labute approximate surface area is 108 Å². The Morgan fingerprint density at radius 1 is 1.26 bits per heavy atom. The van der Waals surface area contributed by atoms with Crippen LogP contribution in [0.2, 0.25) is 0 Å². The van der Waals surface area contributed by atoms with Crippen molar-refractivity contribution in [2.45, 2.75) is 0 Å². The van der Waals surface area contributed by atoms with Crippen LogP contribution in [0.15, 0.2) is 36.5 Å². The van der Waals surface area contributed by atoms with Crippen LogP contribution in [-0.2, 0) is 4.79 Å². The van der Waals surface area contributed by atoms with Gasteiger partial charge in [-0.25, -0.2) is 9.78 Å². The fourth-order valence-electron chi connectivity index (χ4n) is 1.21. The predicted molar refractivity (Wildman–Crippen MR) is 68.6 cm³/mol. The van der Waals surface area contributed by atoms with E-state index in [4.69, 9.17) is 10.8 Å². The number of primary amides is 1. The molecule has 100 valence electrons. The van der Waals surface area contributed by atoms with E-state index in [0.717, 1.165) is 10.8 Å². The number of carbonyl (C=O) groups excluding carboxylic acids is 1. The van der Waals surface area contributed by atoms with Gasteiger partial charge in [-0.05, 0) is 5.39 Å². The zero-order valence-corrected chi connectivity index (χ0v) is 9.95. The van der Waals surface area contributed by atoms with Crippen LogP contribution in [0.25, 0.3) is 10.8 Å². The molecule has 0 atom stereocenters. The summed E-state index contributed by atoms with van der Waals surface area (Å²) in [6, 6.07) is 9.11. The third kappa shape index (κ3) is 5.00. The van der Waals surface area contributed by atoms with Gasteiger partial charge in [0, 0.05) is 17.6 Å². The van der Waals surface area contributed by atoms with Crippen molar-refractivity contribution >= 4 is 22.8 Å². The average molecular weight is 263 g/mol. The zero-order valence-electron chi connectivity index (χ0n) is 9.95. The predicted octanol–water partition coefficient (Wildman–Crippen LogP) is 0.722. The summed E-state index contributed by atoms with van der Waals surface area (Å²) in [5, 5.41) is 10.2. The van der Waals surface area contributed by atoms with Crippen molar-refractivity contribution in [3.63, 3.8) is 0 Å². The van der Waals surface area contributed by atoms with Gasteiger partial charge in [0.15, 0.2) is 0 Å². The highest BCUT2D eigenvalue weighted by atomic mass is 16.7. The second-order valence-electron chi connectivity index (χ2n) is 3.41. The summed E-state index contributed by atoms with van der Waals surface area (Å²) in [7, 11) is 0. The molecule has 0 radical (unpaired) electrons. The Kier molecular flexibility index (Phi) is 5.24. The Bertz CT molecular complexity index is 586. The van der Waals surface area contributed by atoms with Crippen molar-refractivity contribution in [3.8, 4) is 5.88 Å².